The first-order valence-corrected chi connectivity index (χ1v) is 13.1. The largest absolute Gasteiger partial charge is 0.375 e. The molecule has 1 N–H and O–H groups in total. The number of sulfonamides is 1. The number of carbonyl (C=O) groups excluding carboxylic acids is 1. The van der Waals surface area contributed by atoms with Crippen molar-refractivity contribution in [3.8, 4) is 0 Å². The molecule has 0 atom stereocenters. The third kappa shape index (κ3) is 5.67. The summed E-state index contributed by atoms with van der Waals surface area (Å²) in [6.45, 7) is 3.42. The summed E-state index contributed by atoms with van der Waals surface area (Å²) in [6, 6.07) is 15.2. The highest BCUT2D eigenvalue weighted by molar-refractivity contribution is 7.89. The number of aromatic nitrogens is 2. The average molecular weight is 489 g/mol. The van der Waals surface area contributed by atoms with Gasteiger partial charge in [0.2, 0.25) is 15.9 Å². The Bertz CT molecular complexity index is 1180. The molecule has 1 aromatic heterocycles. The second-order valence-electron chi connectivity index (χ2n) is 8.03. The zero-order valence-electron chi connectivity index (χ0n) is 18.6. The molecule has 4 rings (SSSR count). The molecule has 33 heavy (non-hydrogen) atoms. The molecular formula is C22H28N6O3S2. The van der Waals surface area contributed by atoms with Gasteiger partial charge in [-0.3, -0.25) is 9.69 Å². The van der Waals surface area contributed by atoms with Gasteiger partial charge in [0, 0.05) is 52.0 Å². The fourth-order valence-corrected chi connectivity index (χ4v) is 6.05. The first-order chi connectivity index (χ1) is 15.9. The van der Waals surface area contributed by atoms with E-state index in [0.717, 1.165) is 30.4 Å². The smallest absolute Gasteiger partial charge is 0.245 e. The molecule has 0 aliphatic carbocycles. The Kier molecular flexibility index (Phi) is 7.53. The molecule has 1 amide bonds. The van der Waals surface area contributed by atoms with Crippen molar-refractivity contribution in [1.82, 2.24) is 23.3 Å². The van der Waals surface area contributed by atoms with Crippen molar-refractivity contribution in [3.63, 3.8) is 0 Å². The summed E-state index contributed by atoms with van der Waals surface area (Å²) in [5.41, 5.74) is 2.16. The number of carbonyl (C=O) groups is 1. The number of hydrogen-bond acceptors (Lipinski definition) is 8. The van der Waals surface area contributed by atoms with E-state index in [-0.39, 0.29) is 17.3 Å². The molecular weight excluding hydrogens is 460 g/mol. The molecule has 11 heteroatoms. The third-order valence-electron chi connectivity index (χ3n) is 5.75. The SMILES string of the molecule is CN(CCCNC(=O)CN1CCN(S(=O)(=O)c2cccc3nsnc23)CC1)c1ccccc1. The summed E-state index contributed by atoms with van der Waals surface area (Å²) in [7, 11) is -1.62. The number of amides is 1. The standard InChI is InChI=1S/C22H28N6O3S2/c1-26(18-7-3-2-4-8-18)12-6-11-23-21(29)17-27-13-15-28(16-14-27)33(30,31)20-10-5-9-19-22(20)25-32-24-19/h2-5,7-10H,6,11-17H2,1H3,(H,23,29). The van der Waals surface area contributed by atoms with Crippen LogP contribution in [0.5, 0.6) is 0 Å². The van der Waals surface area contributed by atoms with Gasteiger partial charge in [0.1, 0.15) is 15.9 Å². The van der Waals surface area contributed by atoms with Crippen molar-refractivity contribution in [2.24, 2.45) is 0 Å². The number of rotatable bonds is 9. The quantitative estimate of drug-likeness (QED) is 0.457. The van der Waals surface area contributed by atoms with E-state index in [9.17, 15) is 13.2 Å². The van der Waals surface area contributed by atoms with E-state index in [2.05, 4.69) is 31.1 Å². The van der Waals surface area contributed by atoms with Gasteiger partial charge in [0.15, 0.2) is 0 Å². The lowest BCUT2D eigenvalue weighted by Gasteiger charge is -2.33. The van der Waals surface area contributed by atoms with E-state index < -0.39 is 10.0 Å². The van der Waals surface area contributed by atoms with Gasteiger partial charge < -0.3 is 10.2 Å². The second-order valence-corrected chi connectivity index (χ2v) is 10.5. The minimum atomic E-state index is -3.65. The van der Waals surface area contributed by atoms with E-state index in [1.54, 1.807) is 18.2 Å². The lowest BCUT2D eigenvalue weighted by atomic mass is 10.3. The molecule has 9 nitrogen and oxygen atoms in total. The van der Waals surface area contributed by atoms with Crippen LogP contribution in [0.1, 0.15) is 6.42 Å². The maximum Gasteiger partial charge on any atom is 0.245 e. The van der Waals surface area contributed by atoms with Crippen LogP contribution < -0.4 is 10.2 Å². The van der Waals surface area contributed by atoms with Gasteiger partial charge in [-0.25, -0.2) is 8.42 Å². The number of fused-ring (bicyclic) bond motifs is 1. The summed E-state index contributed by atoms with van der Waals surface area (Å²) in [5, 5.41) is 2.97. The van der Waals surface area contributed by atoms with Crippen LogP contribution >= 0.6 is 11.7 Å². The summed E-state index contributed by atoms with van der Waals surface area (Å²) >= 11 is 1.01. The molecule has 1 saturated heterocycles. The van der Waals surface area contributed by atoms with Crippen LogP contribution in [0.3, 0.4) is 0 Å². The molecule has 2 aromatic carbocycles. The van der Waals surface area contributed by atoms with Crippen LogP contribution in [-0.2, 0) is 14.8 Å². The number of piperazine rings is 1. The van der Waals surface area contributed by atoms with Crippen LogP contribution in [-0.4, -0.2) is 85.1 Å². The van der Waals surface area contributed by atoms with Crippen LogP contribution in [0, 0.1) is 0 Å². The molecule has 2 heterocycles. The van der Waals surface area contributed by atoms with Gasteiger partial charge in [0.05, 0.1) is 18.3 Å². The molecule has 1 aliphatic heterocycles. The van der Waals surface area contributed by atoms with Crippen LogP contribution in [0.25, 0.3) is 11.0 Å². The molecule has 0 saturated carbocycles. The van der Waals surface area contributed by atoms with Gasteiger partial charge in [-0.2, -0.15) is 13.1 Å². The minimum Gasteiger partial charge on any atom is -0.375 e. The van der Waals surface area contributed by atoms with Gasteiger partial charge in [-0.15, -0.1) is 0 Å². The van der Waals surface area contributed by atoms with E-state index in [4.69, 9.17) is 0 Å². The highest BCUT2D eigenvalue weighted by Crippen LogP contribution is 2.25. The van der Waals surface area contributed by atoms with Crippen molar-refractivity contribution in [3.05, 3.63) is 48.5 Å². The number of nitrogens with one attached hydrogen (secondary N) is 1. The van der Waals surface area contributed by atoms with Crippen LogP contribution in [0.2, 0.25) is 0 Å². The van der Waals surface area contributed by atoms with Crippen molar-refractivity contribution >= 4 is 44.4 Å². The maximum atomic E-state index is 13.1. The molecule has 0 bridgehead atoms. The van der Waals surface area contributed by atoms with Gasteiger partial charge >= 0.3 is 0 Å². The zero-order chi connectivity index (χ0) is 23.3. The predicted molar refractivity (Wildman–Crippen MR) is 130 cm³/mol. The molecule has 176 valence electrons. The normalized spacial score (nSPS) is 15.5. The van der Waals surface area contributed by atoms with Crippen LogP contribution in [0.4, 0.5) is 5.69 Å². The molecule has 0 radical (unpaired) electrons. The second kappa shape index (κ2) is 10.6. The van der Waals surface area contributed by atoms with Crippen molar-refractivity contribution in [2.45, 2.75) is 11.3 Å². The highest BCUT2D eigenvalue weighted by Gasteiger charge is 2.31. The molecule has 0 unspecified atom stereocenters. The molecule has 1 aliphatic rings. The number of anilines is 1. The first kappa shape index (κ1) is 23.6. The lowest BCUT2D eigenvalue weighted by Crippen LogP contribution is -2.51. The Hall–Kier alpha value is -2.60. The predicted octanol–water partition coefficient (Wildman–Crippen LogP) is 1.64. The summed E-state index contributed by atoms with van der Waals surface area (Å²) < 4.78 is 36.0. The van der Waals surface area contributed by atoms with Gasteiger partial charge in [-0.1, -0.05) is 24.3 Å². The average Bonchev–Trinajstić information content (AvgIpc) is 3.31. The summed E-state index contributed by atoms with van der Waals surface area (Å²) in [4.78, 5) is 16.7. The zero-order valence-corrected chi connectivity index (χ0v) is 20.2. The fourth-order valence-electron chi connectivity index (χ4n) is 3.87. The van der Waals surface area contributed by atoms with E-state index in [1.807, 2.05) is 30.1 Å². The number of nitrogens with zero attached hydrogens (tertiary/aromatic N) is 5. The first-order valence-electron chi connectivity index (χ1n) is 10.9. The molecule has 1 fully saturated rings. The minimum absolute atomic E-state index is 0.0352. The number of benzene rings is 2. The van der Waals surface area contributed by atoms with Crippen molar-refractivity contribution in [1.29, 1.82) is 0 Å². The van der Waals surface area contributed by atoms with E-state index >= 15 is 0 Å². The van der Waals surface area contributed by atoms with E-state index in [0.29, 0.717) is 43.8 Å². The number of hydrogen-bond donors (Lipinski definition) is 1. The third-order valence-corrected chi connectivity index (χ3v) is 8.23. The maximum absolute atomic E-state index is 13.1. The Morgan fingerprint density at radius 3 is 2.58 bits per heavy atom. The van der Waals surface area contributed by atoms with E-state index in [1.165, 1.54) is 4.31 Å². The monoisotopic (exact) mass is 488 g/mol. The van der Waals surface area contributed by atoms with Gasteiger partial charge in [-0.05, 0) is 30.7 Å². The molecule has 3 aromatic rings. The summed E-state index contributed by atoms with van der Waals surface area (Å²) in [5.74, 6) is -0.0352. The number of para-hydroxylation sites is 1. The highest BCUT2D eigenvalue weighted by atomic mass is 32.2. The van der Waals surface area contributed by atoms with Gasteiger partial charge in [0.25, 0.3) is 0 Å². The summed E-state index contributed by atoms with van der Waals surface area (Å²) in [6.07, 6.45) is 0.847. The van der Waals surface area contributed by atoms with Crippen molar-refractivity contribution in [2.75, 3.05) is 57.8 Å². The van der Waals surface area contributed by atoms with Crippen LogP contribution in [0.15, 0.2) is 53.4 Å². The Morgan fingerprint density at radius 2 is 1.82 bits per heavy atom. The van der Waals surface area contributed by atoms with Crippen molar-refractivity contribution < 1.29 is 13.2 Å². The lowest BCUT2D eigenvalue weighted by molar-refractivity contribution is -0.122. The Morgan fingerprint density at radius 1 is 1.06 bits per heavy atom. The Labute approximate surface area is 198 Å². The Balaban J connectivity index is 1.21. The fraction of sp³-hybridized carbons (Fsp3) is 0.409. The molecule has 0 spiro atoms. The topological polar surface area (TPSA) is 98.7 Å².